The number of hydrogen-bond acceptors (Lipinski definition) is 8. The third kappa shape index (κ3) is 6.10. The van der Waals surface area contributed by atoms with Crippen molar-refractivity contribution in [3.05, 3.63) is 59.7 Å². The summed E-state index contributed by atoms with van der Waals surface area (Å²) in [5.41, 5.74) is -0.383. The number of aromatic nitrogens is 4. The molecule has 0 aliphatic carbocycles. The number of hydrogen-bond donors (Lipinski definition) is 2. The summed E-state index contributed by atoms with van der Waals surface area (Å²) < 4.78 is 66.9. The molecule has 9 nitrogen and oxygen atoms in total. The van der Waals surface area contributed by atoms with Crippen LogP contribution in [-0.2, 0) is 29.2 Å². The third-order valence-electron chi connectivity index (χ3n) is 4.76. The number of halogens is 3. The second-order valence-corrected chi connectivity index (χ2v) is 9.38. The summed E-state index contributed by atoms with van der Waals surface area (Å²) in [5.74, 6) is -0.447. The average molecular weight is 496 g/mol. The lowest BCUT2D eigenvalue weighted by Gasteiger charge is -2.20. The van der Waals surface area contributed by atoms with Gasteiger partial charge in [0.2, 0.25) is 16.0 Å². The number of para-hydroxylation sites is 1. The van der Waals surface area contributed by atoms with E-state index in [0.717, 1.165) is 10.6 Å². The van der Waals surface area contributed by atoms with Crippen molar-refractivity contribution < 1.29 is 21.6 Å². The van der Waals surface area contributed by atoms with Crippen LogP contribution in [0.1, 0.15) is 30.3 Å². The first-order valence-electron chi connectivity index (χ1n) is 10.3. The van der Waals surface area contributed by atoms with E-state index in [1.165, 1.54) is 19.4 Å². The minimum absolute atomic E-state index is 0.00206. The minimum Gasteiger partial charge on any atom is -0.364 e. The fourth-order valence-corrected chi connectivity index (χ4v) is 3.60. The van der Waals surface area contributed by atoms with Crippen LogP contribution in [0.2, 0.25) is 0 Å². The number of aryl methyl sites for hydroxylation is 1. The summed E-state index contributed by atoms with van der Waals surface area (Å²) >= 11 is 0. The maximum absolute atomic E-state index is 14.0. The Balaban J connectivity index is 2.03. The van der Waals surface area contributed by atoms with Gasteiger partial charge in [-0.25, -0.2) is 18.4 Å². The summed E-state index contributed by atoms with van der Waals surface area (Å²) in [6, 6.07) is 8.82. The van der Waals surface area contributed by atoms with Crippen LogP contribution in [0.25, 0.3) is 0 Å². The highest BCUT2D eigenvalue weighted by molar-refractivity contribution is 7.92. The maximum atomic E-state index is 14.0. The van der Waals surface area contributed by atoms with Gasteiger partial charge in [-0.3, -0.25) is 9.29 Å². The van der Waals surface area contributed by atoms with Crippen molar-refractivity contribution in [3.8, 4) is 0 Å². The molecule has 0 atom stereocenters. The smallest absolute Gasteiger partial charge is 0.364 e. The van der Waals surface area contributed by atoms with Crippen molar-refractivity contribution in [2.75, 3.05) is 28.2 Å². The number of anilines is 4. The first-order chi connectivity index (χ1) is 16.0. The molecule has 0 radical (unpaired) electrons. The van der Waals surface area contributed by atoms with Crippen LogP contribution < -0.4 is 14.9 Å². The Hall–Kier alpha value is -3.48. The molecule has 3 rings (SSSR count). The molecular formula is C21H24F3N7O2S. The topological polar surface area (TPSA) is 113 Å². The SMILES string of the molecule is CCCc1nc(Nc2ccccc2)nc(NCc2nccnc2N(C)S(C)(=O)=O)c1C(F)(F)F. The number of rotatable bonds is 9. The summed E-state index contributed by atoms with van der Waals surface area (Å²) in [6.45, 7) is 1.51. The van der Waals surface area contributed by atoms with Crippen LogP contribution in [0.15, 0.2) is 42.7 Å². The number of nitrogens with one attached hydrogen (secondary N) is 2. The molecule has 0 amide bonds. The van der Waals surface area contributed by atoms with Gasteiger partial charge in [0, 0.05) is 25.1 Å². The lowest BCUT2D eigenvalue weighted by Crippen LogP contribution is -2.28. The highest BCUT2D eigenvalue weighted by Crippen LogP contribution is 2.37. The Bertz CT molecular complexity index is 1240. The maximum Gasteiger partial charge on any atom is 0.421 e. The van der Waals surface area contributed by atoms with Crippen molar-refractivity contribution >= 4 is 33.3 Å². The number of alkyl halides is 3. The van der Waals surface area contributed by atoms with Gasteiger partial charge in [0.15, 0.2) is 5.82 Å². The fraction of sp³-hybridized carbons (Fsp3) is 0.333. The van der Waals surface area contributed by atoms with Gasteiger partial charge in [0.05, 0.1) is 18.5 Å². The van der Waals surface area contributed by atoms with Crippen LogP contribution in [0.4, 0.5) is 36.4 Å². The van der Waals surface area contributed by atoms with Gasteiger partial charge in [-0.2, -0.15) is 18.2 Å². The number of benzene rings is 1. The molecule has 0 spiro atoms. The minimum atomic E-state index is -4.72. The van der Waals surface area contributed by atoms with Crippen molar-refractivity contribution in [3.63, 3.8) is 0 Å². The Morgan fingerprint density at radius 1 is 1.03 bits per heavy atom. The van der Waals surface area contributed by atoms with Crippen molar-refractivity contribution in [2.45, 2.75) is 32.5 Å². The number of nitrogens with zero attached hydrogens (tertiary/aromatic N) is 5. The first kappa shape index (κ1) is 25.1. The quantitative estimate of drug-likeness (QED) is 0.458. The Kier molecular flexibility index (Phi) is 7.54. The van der Waals surface area contributed by atoms with Gasteiger partial charge < -0.3 is 10.6 Å². The molecule has 13 heteroatoms. The highest BCUT2D eigenvalue weighted by atomic mass is 32.2. The normalized spacial score (nSPS) is 11.8. The van der Waals surface area contributed by atoms with Gasteiger partial charge in [-0.15, -0.1) is 0 Å². The highest BCUT2D eigenvalue weighted by Gasteiger charge is 2.38. The van der Waals surface area contributed by atoms with Gasteiger partial charge >= 0.3 is 6.18 Å². The van der Waals surface area contributed by atoms with E-state index in [-0.39, 0.29) is 36.1 Å². The zero-order valence-electron chi connectivity index (χ0n) is 18.8. The Morgan fingerprint density at radius 3 is 2.32 bits per heavy atom. The van der Waals surface area contributed by atoms with E-state index in [2.05, 4.69) is 30.6 Å². The standard InChI is InChI=1S/C21H24F3N7O2S/c1-4-8-15-17(21(22,23)24)18(30-20(29-15)28-14-9-6-5-7-10-14)27-13-16-19(26-12-11-25-16)31(2)34(3,32)33/h5-7,9-12H,4,8,13H2,1-3H3,(H2,27,28,29,30). The van der Waals surface area contributed by atoms with Crippen molar-refractivity contribution in [1.29, 1.82) is 0 Å². The third-order valence-corrected chi connectivity index (χ3v) is 5.92. The molecule has 0 aliphatic heterocycles. The van der Waals surface area contributed by atoms with E-state index in [4.69, 9.17) is 0 Å². The lowest BCUT2D eigenvalue weighted by atomic mass is 10.1. The van der Waals surface area contributed by atoms with Gasteiger partial charge in [-0.1, -0.05) is 31.5 Å². The van der Waals surface area contributed by atoms with E-state index < -0.39 is 27.6 Å². The largest absolute Gasteiger partial charge is 0.421 e. The molecule has 0 saturated carbocycles. The van der Waals surface area contributed by atoms with Crippen LogP contribution in [0, 0.1) is 0 Å². The zero-order chi connectivity index (χ0) is 24.9. The first-order valence-corrected chi connectivity index (χ1v) is 12.1. The molecule has 3 aromatic rings. The van der Waals surface area contributed by atoms with Crippen molar-refractivity contribution in [2.24, 2.45) is 0 Å². The van der Waals surface area contributed by atoms with E-state index >= 15 is 0 Å². The average Bonchev–Trinajstić information content (AvgIpc) is 2.76. The monoisotopic (exact) mass is 495 g/mol. The Morgan fingerprint density at radius 2 is 1.71 bits per heavy atom. The molecule has 182 valence electrons. The van der Waals surface area contributed by atoms with E-state index in [0.29, 0.717) is 12.1 Å². The molecule has 34 heavy (non-hydrogen) atoms. The van der Waals surface area contributed by atoms with Crippen molar-refractivity contribution in [1.82, 2.24) is 19.9 Å². The summed E-state index contributed by atoms with van der Waals surface area (Å²) in [6.07, 6.45) is -0.573. The van der Waals surface area contributed by atoms with Crippen LogP contribution in [0.5, 0.6) is 0 Å². The fourth-order valence-electron chi connectivity index (χ4n) is 3.13. The molecule has 1 aromatic carbocycles. The molecule has 0 fully saturated rings. The molecule has 0 bridgehead atoms. The van der Waals surface area contributed by atoms with Gasteiger partial charge in [0.25, 0.3) is 0 Å². The predicted octanol–water partition coefficient (Wildman–Crippen LogP) is 3.99. The van der Waals surface area contributed by atoms with E-state index in [1.807, 2.05) is 0 Å². The van der Waals surface area contributed by atoms with Crippen LogP contribution in [0.3, 0.4) is 0 Å². The molecule has 0 unspecified atom stereocenters. The second-order valence-electron chi connectivity index (χ2n) is 7.37. The van der Waals surface area contributed by atoms with Crippen LogP contribution >= 0.6 is 0 Å². The molecule has 0 saturated heterocycles. The Labute approximate surface area is 195 Å². The molecule has 2 aromatic heterocycles. The zero-order valence-corrected chi connectivity index (χ0v) is 19.6. The predicted molar refractivity (Wildman–Crippen MR) is 123 cm³/mol. The molecule has 2 N–H and O–H groups in total. The lowest BCUT2D eigenvalue weighted by molar-refractivity contribution is -0.138. The van der Waals surface area contributed by atoms with Crippen LogP contribution in [-0.4, -0.2) is 41.7 Å². The molecule has 2 heterocycles. The summed E-state index contributed by atoms with van der Waals surface area (Å²) in [4.78, 5) is 16.3. The molecular weight excluding hydrogens is 471 g/mol. The van der Waals surface area contributed by atoms with Gasteiger partial charge in [0.1, 0.15) is 17.1 Å². The second kappa shape index (κ2) is 10.2. The number of sulfonamides is 1. The summed E-state index contributed by atoms with van der Waals surface area (Å²) in [7, 11) is -2.37. The van der Waals surface area contributed by atoms with E-state index in [1.54, 1.807) is 37.3 Å². The van der Waals surface area contributed by atoms with E-state index in [9.17, 15) is 21.6 Å². The summed E-state index contributed by atoms with van der Waals surface area (Å²) in [5, 5.41) is 5.60. The molecule has 0 aliphatic rings. The van der Waals surface area contributed by atoms with Gasteiger partial charge in [-0.05, 0) is 18.6 Å².